The first-order chi connectivity index (χ1) is 13.9. The van der Waals surface area contributed by atoms with Gasteiger partial charge < -0.3 is 10.6 Å². The van der Waals surface area contributed by atoms with Crippen LogP contribution in [-0.4, -0.2) is 41.6 Å². The number of nitrogens with one attached hydrogen (secondary N) is 2. The zero-order valence-electron chi connectivity index (χ0n) is 16.0. The monoisotopic (exact) mass is 431 g/mol. The Morgan fingerprint density at radius 1 is 1.14 bits per heavy atom. The third-order valence-electron chi connectivity index (χ3n) is 4.67. The molecule has 1 saturated heterocycles. The van der Waals surface area contributed by atoms with Crippen molar-refractivity contribution in [2.45, 2.75) is 18.2 Å². The second-order valence-electron chi connectivity index (χ2n) is 6.81. The summed E-state index contributed by atoms with van der Waals surface area (Å²) in [7, 11) is 0. The first kappa shape index (κ1) is 21.2. The molecule has 0 aliphatic carbocycles. The van der Waals surface area contributed by atoms with E-state index in [4.69, 9.17) is 11.6 Å². The summed E-state index contributed by atoms with van der Waals surface area (Å²) in [4.78, 5) is 38.3. The number of imide groups is 1. The van der Waals surface area contributed by atoms with Crippen molar-refractivity contribution in [2.75, 3.05) is 18.8 Å². The molecule has 1 unspecified atom stereocenters. The predicted octanol–water partition coefficient (Wildman–Crippen LogP) is 3.16. The fourth-order valence-corrected chi connectivity index (χ4v) is 4.26. The van der Waals surface area contributed by atoms with Gasteiger partial charge in [0, 0.05) is 28.6 Å². The molecule has 6 nitrogen and oxygen atoms in total. The average molecular weight is 432 g/mol. The number of hydrogen-bond acceptors (Lipinski definition) is 4. The fourth-order valence-electron chi connectivity index (χ4n) is 3.12. The lowest BCUT2D eigenvalue weighted by Gasteiger charge is -2.23. The van der Waals surface area contributed by atoms with Crippen LogP contribution >= 0.6 is 23.4 Å². The summed E-state index contributed by atoms with van der Waals surface area (Å²) in [6, 6.07) is 16.3. The molecule has 1 aliphatic heterocycles. The molecule has 0 spiro atoms. The Balaban J connectivity index is 1.49. The predicted molar refractivity (Wildman–Crippen MR) is 115 cm³/mol. The van der Waals surface area contributed by atoms with E-state index in [-0.39, 0.29) is 12.5 Å². The Morgan fingerprint density at radius 3 is 2.55 bits per heavy atom. The van der Waals surface area contributed by atoms with Crippen molar-refractivity contribution in [3.05, 3.63) is 70.7 Å². The van der Waals surface area contributed by atoms with Crippen LogP contribution in [0.3, 0.4) is 0 Å². The van der Waals surface area contributed by atoms with Gasteiger partial charge in [0.1, 0.15) is 12.1 Å². The van der Waals surface area contributed by atoms with Crippen molar-refractivity contribution in [1.82, 2.24) is 15.5 Å². The van der Waals surface area contributed by atoms with Gasteiger partial charge in [0.25, 0.3) is 5.91 Å². The van der Waals surface area contributed by atoms with Crippen LogP contribution in [0.2, 0.25) is 5.02 Å². The maximum Gasteiger partial charge on any atom is 0.325 e. The highest BCUT2D eigenvalue weighted by Crippen LogP contribution is 2.33. The number of benzene rings is 2. The Kier molecular flexibility index (Phi) is 6.82. The van der Waals surface area contributed by atoms with Gasteiger partial charge >= 0.3 is 6.03 Å². The Bertz CT molecular complexity index is 909. The molecule has 1 atom stereocenters. The molecule has 3 rings (SSSR count). The second kappa shape index (κ2) is 9.33. The molecule has 0 aromatic heterocycles. The maximum absolute atomic E-state index is 12.9. The Hall–Kier alpha value is -2.51. The number of urea groups is 1. The van der Waals surface area contributed by atoms with E-state index in [0.717, 1.165) is 16.4 Å². The number of carbonyl (C=O) groups is 3. The highest BCUT2D eigenvalue weighted by molar-refractivity contribution is 7.98. The molecular weight excluding hydrogens is 410 g/mol. The summed E-state index contributed by atoms with van der Waals surface area (Å²) in [5.74, 6) is 0.722. The van der Waals surface area contributed by atoms with Gasteiger partial charge in [0.05, 0.1) is 0 Å². The average Bonchev–Trinajstić information content (AvgIpc) is 2.92. The van der Waals surface area contributed by atoms with Crippen molar-refractivity contribution in [3.8, 4) is 0 Å². The summed E-state index contributed by atoms with van der Waals surface area (Å²) >= 11 is 7.90. The normalized spacial score (nSPS) is 18.6. The van der Waals surface area contributed by atoms with Crippen molar-refractivity contribution in [1.29, 1.82) is 0 Å². The van der Waals surface area contributed by atoms with Gasteiger partial charge in [-0.3, -0.25) is 14.5 Å². The van der Waals surface area contributed by atoms with E-state index in [1.165, 1.54) is 5.56 Å². The summed E-state index contributed by atoms with van der Waals surface area (Å²) < 4.78 is 0. The fraction of sp³-hybridized carbons (Fsp3) is 0.286. The van der Waals surface area contributed by atoms with Crippen LogP contribution in [0.25, 0.3) is 0 Å². The summed E-state index contributed by atoms with van der Waals surface area (Å²) in [5.41, 5.74) is 0.434. The van der Waals surface area contributed by atoms with Crippen molar-refractivity contribution in [2.24, 2.45) is 0 Å². The molecule has 29 heavy (non-hydrogen) atoms. The van der Waals surface area contributed by atoms with E-state index in [1.54, 1.807) is 43.0 Å². The minimum absolute atomic E-state index is 0.325. The SMILES string of the molecule is CC1(c2ccccc2Cl)NC(=O)N(CC(=O)NCCSCc2ccccc2)C1=O. The first-order valence-electron chi connectivity index (χ1n) is 9.19. The highest BCUT2D eigenvalue weighted by atomic mass is 35.5. The number of rotatable bonds is 8. The van der Waals surface area contributed by atoms with E-state index in [0.29, 0.717) is 17.1 Å². The van der Waals surface area contributed by atoms with Crippen molar-refractivity contribution >= 4 is 41.2 Å². The zero-order valence-corrected chi connectivity index (χ0v) is 17.6. The number of nitrogens with zero attached hydrogens (tertiary/aromatic N) is 1. The number of thioether (sulfide) groups is 1. The van der Waals surface area contributed by atoms with E-state index in [2.05, 4.69) is 22.8 Å². The second-order valence-corrected chi connectivity index (χ2v) is 8.33. The highest BCUT2D eigenvalue weighted by Gasteiger charge is 2.50. The quantitative estimate of drug-likeness (QED) is 0.497. The number of amides is 4. The molecule has 2 aromatic carbocycles. The third kappa shape index (κ3) is 4.92. The lowest BCUT2D eigenvalue weighted by atomic mass is 9.92. The van der Waals surface area contributed by atoms with Crippen LogP contribution in [-0.2, 0) is 20.9 Å². The lowest BCUT2D eigenvalue weighted by molar-refractivity contribution is -0.134. The topological polar surface area (TPSA) is 78.5 Å². The first-order valence-corrected chi connectivity index (χ1v) is 10.7. The lowest BCUT2D eigenvalue weighted by Crippen LogP contribution is -2.43. The van der Waals surface area contributed by atoms with Gasteiger partial charge in [0.15, 0.2) is 0 Å². The van der Waals surface area contributed by atoms with E-state index >= 15 is 0 Å². The van der Waals surface area contributed by atoms with Crippen molar-refractivity contribution in [3.63, 3.8) is 0 Å². The third-order valence-corrected chi connectivity index (χ3v) is 6.03. The molecule has 0 bridgehead atoms. The summed E-state index contributed by atoms with van der Waals surface area (Å²) in [6.45, 7) is 1.72. The number of halogens is 1. The molecule has 152 valence electrons. The van der Waals surface area contributed by atoms with Crippen LogP contribution in [0.1, 0.15) is 18.1 Å². The number of carbonyl (C=O) groups excluding carboxylic acids is 3. The van der Waals surface area contributed by atoms with Crippen LogP contribution in [0.5, 0.6) is 0 Å². The minimum atomic E-state index is -1.29. The van der Waals surface area contributed by atoms with Gasteiger partial charge in [-0.15, -0.1) is 0 Å². The molecule has 1 fully saturated rings. The molecule has 2 aromatic rings. The Labute approximate surface area is 179 Å². The standard InChI is InChI=1S/C21H22ClN3O3S/c1-21(16-9-5-6-10-17(16)22)19(27)25(20(28)24-21)13-18(26)23-11-12-29-14-15-7-3-2-4-8-15/h2-10H,11-14H2,1H3,(H,23,26)(H,24,28). The van der Waals surface area contributed by atoms with Crippen LogP contribution < -0.4 is 10.6 Å². The van der Waals surface area contributed by atoms with Crippen LogP contribution in [0, 0.1) is 0 Å². The Morgan fingerprint density at radius 2 is 1.83 bits per heavy atom. The molecule has 8 heteroatoms. The van der Waals surface area contributed by atoms with E-state index in [1.807, 2.05) is 18.2 Å². The van der Waals surface area contributed by atoms with Gasteiger partial charge in [0.2, 0.25) is 5.91 Å². The molecule has 2 N–H and O–H groups in total. The van der Waals surface area contributed by atoms with Gasteiger partial charge in [-0.1, -0.05) is 60.1 Å². The van der Waals surface area contributed by atoms with Crippen LogP contribution in [0.4, 0.5) is 4.79 Å². The smallest absolute Gasteiger partial charge is 0.325 e. The minimum Gasteiger partial charge on any atom is -0.354 e. The summed E-state index contributed by atoms with van der Waals surface area (Å²) in [6.07, 6.45) is 0. The van der Waals surface area contributed by atoms with Crippen molar-refractivity contribution < 1.29 is 14.4 Å². The maximum atomic E-state index is 12.9. The molecule has 1 aliphatic rings. The number of hydrogen-bond donors (Lipinski definition) is 2. The van der Waals surface area contributed by atoms with Crippen LogP contribution in [0.15, 0.2) is 54.6 Å². The zero-order chi connectivity index (χ0) is 20.9. The molecule has 0 saturated carbocycles. The molecule has 4 amide bonds. The van der Waals surface area contributed by atoms with Gasteiger partial charge in [-0.25, -0.2) is 4.79 Å². The van der Waals surface area contributed by atoms with Gasteiger partial charge in [-0.05, 0) is 18.6 Å². The molecular formula is C21H22ClN3O3S. The summed E-state index contributed by atoms with van der Waals surface area (Å²) in [5, 5.41) is 5.79. The molecule has 1 heterocycles. The van der Waals surface area contributed by atoms with Gasteiger partial charge in [-0.2, -0.15) is 11.8 Å². The van der Waals surface area contributed by atoms with E-state index in [9.17, 15) is 14.4 Å². The van der Waals surface area contributed by atoms with E-state index < -0.39 is 17.5 Å². The largest absolute Gasteiger partial charge is 0.354 e. The molecule has 0 radical (unpaired) electrons.